The van der Waals surface area contributed by atoms with Gasteiger partial charge in [-0.05, 0) is 25.1 Å². The van der Waals surface area contributed by atoms with Gasteiger partial charge in [0.05, 0.1) is 17.6 Å². The van der Waals surface area contributed by atoms with Gasteiger partial charge < -0.3 is 21.1 Å². The Balaban J connectivity index is 2.09. The van der Waals surface area contributed by atoms with Gasteiger partial charge in [0.2, 0.25) is 15.9 Å². The van der Waals surface area contributed by atoms with Crippen LogP contribution in [0.15, 0.2) is 29.2 Å². The van der Waals surface area contributed by atoms with E-state index in [2.05, 4.69) is 15.4 Å². The Morgan fingerprint density at radius 2 is 2.26 bits per heavy atom. The molecule has 5 N–H and O–H groups in total. The van der Waals surface area contributed by atoms with Crippen molar-refractivity contribution in [1.82, 2.24) is 10.0 Å². The van der Waals surface area contributed by atoms with Gasteiger partial charge in [0, 0.05) is 25.3 Å². The lowest BCUT2D eigenvalue weighted by atomic mass is 10.1. The molecule has 0 unspecified atom stereocenters. The van der Waals surface area contributed by atoms with Crippen molar-refractivity contribution in [3.8, 4) is 0 Å². The number of benzene rings is 1. The Morgan fingerprint density at radius 3 is 2.96 bits per heavy atom. The van der Waals surface area contributed by atoms with Crippen LogP contribution in [0.25, 0.3) is 0 Å². The summed E-state index contributed by atoms with van der Waals surface area (Å²) >= 11 is 0. The quantitative estimate of drug-likeness (QED) is 0.539. The summed E-state index contributed by atoms with van der Waals surface area (Å²) in [7, 11) is -3.64. The Kier molecular flexibility index (Phi) is 6.08. The summed E-state index contributed by atoms with van der Waals surface area (Å²) in [6, 6.07) is 5.60. The highest BCUT2D eigenvalue weighted by molar-refractivity contribution is 7.89. The molecule has 1 aromatic carbocycles. The molecule has 0 aliphatic carbocycles. The van der Waals surface area contributed by atoms with Crippen molar-refractivity contribution in [2.75, 3.05) is 31.6 Å². The highest BCUT2D eigenvalue weighted by atomic mass is 32.2. The first-order valence-corrected chi connectivity index (χ1v) is 8.88. The van der Waals surface area contributed by atoms with E-state index in [9.17, 15) is 13.2 Å². The largest absolute Gasteiger partial charge is 0.375 e. The standard InChI is InChI=1S/C14H22N4O4S/c1-10-13(16-7-8-22-10)14(19)18-11-3-2-4-12(9-11)23(20,21)17-6-5-15/h2-4,9-10,13,16-17H,5-8,15H2,1H3,(H,18,19)/t10-,13+/m1/s1. The molecule has 23 heavy (non-hydrogen) atoms. The maximum absolute atomic E-state index is 12.3. The minimum Gasteiger partial charge on any atom is -0.375 e. The average Bonchev–Trinajstić information content (AvgIpc) is 2.53. The number of rotatable bonds is 6. The Hall–Kier alpha value is -1.52. The molecule has 8 nitrogen and oxygen atoms in total. The molecule has 0 bridgehead atoms. The van der Waals surface area contributed by atoms with Crippen LogP contribution in [-0.4, -0.2) is 52.7 Å². The molecular weight excluding hydrogens is 320 g/mol. The lowest BCUT2D eigenvalue weighted by Crippen LogP contribution is -2.53. The van der Waals surface area contributed by atoms with E-state index in [-0.39, 0.29) is 30.0 Å². The molecule has 0 saturated carbocycles. The van der Waals surface area contributed by atoms with Crippen molar-refractivity contribution >= 4 is 21.6 Å². The van der Waals surface area contributed by atoms with Crippen molar-refractivity contribution < 1.29 is 17.9 Å². The van der Waals surface area contributed by atoms with Gasteiger partial charge in [-0.2, -0.15) is 0 Å². The lowest BCUT2D eigenvalue weighted by Gasteiger charge is -2.29. The van der Waals surface area contributed by atoms with E-state index in [1.807, 2.05) is 6.92 Å². The summed E-state index contributed by atoms with van der Waals surface area (Å²) < 4.78 is 32.0. The van der Waals surface area contributed by atoms with Crippen LogP contribution in [0.3, 0.4) is 0 Å². The van der Waals surface area contributed by atoms with E-state index in [0.717, 1.165) is 0 Å². The van der Waals surface area contributed by atoms with Crippen LogP contribution < -0.4 is 21.1 Å². The second-order valence-corrected chi connectivity index (χ2v) is 6.98. The lowest BCUT2D eigenvalue weighted by molar-refractivity contribution is -0.123. The molecule has 1 aliphatic rings. The first kappa shape index (κ1) is 17.8. The Bertz CT molecular complexity index is 650. The van der Waals surface area contributed by atoms with Crippen LogP contribution in [0.2, 0.25) is 0 Å². The fourth-order valence-electron chi connectivity index (χ4n) is 2.26. The van der Waals surface area contributed by atoms with Gasteiger partial charge in [0.1, 0.15) is 6.04 Å². The molecule has 1 aliphatic heterocycles. The fraction of sp³-hybridized carbons (Fsp3) is 0.500. The van der Waals surface area contributed by atoms with E-state index in [1.165, 1.54) is 12.1 Å². The summed E-state index contributed by atoms with van der Waals surface area (Å²) in [4.78, 5) is 12.3. The van der Waals surface area contributed by atoms with Crippen LogP contribution in [0.5, 0.6) is 0 Å². The molecule has 9 heteroatoms. The van der Waals surface area contributed by atoms with Crippen LogP contribution in [0.4, 0.5) is 5.69 Å². The molecule has 1 saturated heterocycles. The first-order chi connectivity index (χ1) is 10.9. The number of carbonyl (C=O) groups is 1. The first-order valence-electron chi connectivity index (χ1n) is 7.39. The molecular formula is C14H22N4O4S. The topological polar surface area (TPSA) is 123 Å². The van der Waals surface area contributed by atoms with E-state index >= 15 is 0 Å². The van der Waals surface area contributed by atoms with Crippen molar-refractivity contribution in [2.24, 2.45) is 5.73 Å². The van der Waals surface area contributed by atoms with Crippen molar-refractivity contribution in [3.63, 3.8) is 0 Å². The van der Waals surface area contributed by atoms with Crippen LogP contribution >= 0.6 is 0 Å². The Morgan fingerprint density at radius 1 is 1.48 bits per heavy atom. The van der Waals surface area contributed by atoms with Crippen LogP contribution in [0, 0.1) is 0 Å². The molecule has 0 aromatic heterocycles. The highest BCUT2D eigenvalue weighted by Gasteiger charge is 2.28. The third-order valence-corrected chi connectivity index (χ3v) is 4.91. The van der Waals surface area contributed by atoms with E-state index in [1.54, 1.807) is 12.1 Å². The van der Waals surface area contributed by atoms with E-state index < -0.39 is 16.1 Å². The zero-order chi connectivity index (χ0) is 16.9. The summed E-state index contributed by atoms with van der Waals surface area (Å²) in [5.41, 5.74) is 5.71. The summed E-state index contributed by atoms with van der Waals surface area (Å²) in [5.74, 6) is -0.262. The van der Waals surface area contributed by atoms with Crippen molar-refractivity contribution in [3.05, 3.63) is 24.3 Å². The van der Waals surface area contributed by atoms with Crippen LogP contribution in [-0.2, 0) is 19.6 Å². The number of nitrogens with two attached hydrogens (primary N) is 1. The number of carbonyl (C=O) groups excluding carboxylic acids is 1. The predicted molar refractivity (Wildman–Crippen MR) is 86.5 cm³/mol. The van der Waals surface area contributed by atoms with Gasteiger partial charge in [0.15, 0.2) is 0 Å². The smallest absolute Gasteiger partial charge is 0.244 e. The van der Waals surface area contributed by atoms with Gasteiger partial charge in [-0.25, -0.2) is 13.1 Å². The Labute approximate surface area is 135 Å². The molecule has 2 rings (SSSR count). The normalized spacial score (nSPS) is 21.8. The van der Waals surface area contributed by atoms with Crippen molar-refractivity contribution in [1.29, 1.82) is 0 Å². The number of hydrogen-bond acceptors (Lipinski definition) is 6. The van der Waals surface area contributed by atoms with Crippen molar-refractivity contribution in [2.45, 2.75) is 24.0 Å². The van der Waals surface area contributed by atoms with Gasteiger partial charge in [0.25, 0.3) is 0 Å². The number of morpholine rings is 1. The zero-order valence-corrected chi connectivity index (χ0v) is 13.7. The molecule has 2 atom stereocenters. The summed E-state index contributed by atoms with van der Waals surface area (Å²) in [6.07, 6.45) is -0.248. The minimum absolute atomic E-state index is 0.0738. The molecule has 1 amide bonds. The highest BCUT2D eigenvalue weighted by Crippen LogP contribution is 2.16. The fourth-order valence-corrected chi connectivity index (χ4v) is 3.36. The number of ether oxygens (including phenoxy) is 1. The maximum Gasteiger partial charge on any atom is 0.244 e. The number of amides is 1. The molecule has 128 valence electrons. The number of sulfonamides is 1. The zero-order valence-electron chi connectivity index (χ0n) is 12.9. The molecule has 1 fully saturated rings. The number of nitrogens with one attached hydrogen (secondary N) is 3. The third kappa shape index (κ3) is 4.72. The van der Waals surface area contributed by atoms with Gasteiger partial charge in [-0.3, -0.25) is 4.79 Å². The monoisotopic (exact) mass is 342 g/mol. The minimum atomic E-state index is -3.64. The maximum atomic E-state index is 12.3. The summed E-state index contributed by atoms with van der Waals surface area (Å²) in [5, 5.41) is 5.79. The molecule has 1 heterocycles. The van der Waals surface area contributed by atoms with E-state index in [4.69, 9.17) is 10.5 Å². The van der Waals surface area contributed by atoms with Gasteiger partial charge >= 0.3 is 0 Å². The third-order valence-electron chi connectivity index (χ3n) is 3.45. The SMILES string of the molecule is C[C@H]1OCCN[C@@H]1C(=O)Nc1cccc(S(=O)(=O)NCCN)c1. The van der Waals surface area contributed by atoms with Crippen LogP contribution in [0.1, 0.15) is 6.92 Å². The average molecular weight is 342 g/mol. The molecule has 1 aromatic rings. The second kappa shape index (κ2) is 7.84. The molecule has 0 radical (unpaired) electrons. The number of hydrogen-bond donors (Lipinski definition) is 4. The van der Waals surface area contributed by atoms with E-state index in [0.29, 0.717) is 18.8 Å². The number of anilines is 1. The molecule has 0 spiro atoms. The second-order valence-electron chi connectivity index (χ2n) is 5.21. The van der Waals surface area contributed by atoms with Gasteiger partial charge in [-0.15, -0.1) is 0 Å². The summed E-state index contributed by atoms with van der Waals surface area (Å²) in [6.45, 7) is 3.33. The van der Waals surface area contributed by atoms with Gasteiger partial charge in [-0.1, -0.05) is 6.07 Å². The predicted octanol–water partition coefficient (Wildman–Crippen LogP) is -0.761.